The van der Waals surface area contributed by atoms with Crippen LogP contribution in [0.4, 0.5) is 4.39 Å². The van der Waals surface area contributed by atoms with Crippen LogP contribution in [0.2, 0.25) is 0 Å². The number of rotatable bonds is 3. The van der Waals surface area contributed by atoms with E-state index < -0.39 is 17.9 Å². The third-order valence-electron chi connectivity index (χ3n) is 1.35. The number of hydrogen-bond acceptors (Lipinski definition) is 3. The van der Waals surface area contributed by atoms with Crippen molar-refractivity contribution in [3.8, 4) is 0 Å². The molecule has 1 aliphatic heterocycles. The Kier molecular flexibility index (Phi) is 2.36. The summed E-state index contributed by atoms with van der Waals surface area (Å²) in [6, 6.07) is 0. The maximum absolute atomic E-state index is 12.3. The molecular weight excluding hydrogens is 151 g/mol. The van der Waals surface area contributed by atoms with E-state index in [-0.39, 0.29) is 6.42 Å². The number of esters is 1. The van der Waals surface area contributed by atoms with Crippen LogP contribution in [0.3, 0.4) is 0 Å². The first-order valence-corrected chi connectivity index (χ1v) is 3.26. The number of halogens is 1. The van der Waals surface area contributed by atoms with Gasteiger partial charge in [-0.1, -0.05) is 0 Å². The lowest BCUT2D eigenvalue weighted by Gasteiger charge is -2.03. The molecule has 1 aliphatic rings. The Bertz CT molecular complexity index is 210. The summed E-state index contributed by atoms with van der Waals surface area (Å²) in [5, 5.41) is 0. The van der Waals surface area contributed by atoms with Crippen LogP contribution in [-0.2, 0) is 14.3 Å². The fourth-order valence-corrected chi connectivity index (χ4v) is 0.834. The molecule has 0 bridgehead atoms. The first kappa shape index (κ1) is 7.91. The fraction of sp³-hybridized carbons (Fsp3) is 0.429. The number of hydrogen-bond donors (Lipinski definition) is 0. The van der Waals surface area contributed by atoms with E-state index in [4.69, 9.17) is 0 Å². The van der Waals surface area contributed by atoms with Crippen LogP contribution in [0, 0.1) is 0 Å². The van der Waals surface area contributed by atoms with Crippen molar-refractivity contribution in [3.05, 3.63) is 11.9 Å². The second-order valence-electron chi connectivity index (χ2n) is 2.20. The minimum absolute atomic E-state index is 0.279. The Balaban J connectivity index is 2.41. The van der Waals surface area contributed by atoms with Gasteiger partial charge in [0.2, 0.25) is 5.83 Å². The molecule has 0 saturated heterocycles. The summed E-state index contributed by atoms with van der Waals surface area (Å²) in [6.45, 7) is 0. The monoisotopic (exact) mass is 158 g/mol. The average Bonchev–Trinajstić information content (AvgIpc) is 2.28. The zero-order chi connectivity index (χ0) is 8.27. The molecule has 0 amide bonds. The predicted octanol–water partition coefficient (Wildman–Crippen LogP) is 0.744. The molecule has 0 radical (unpaired) electrons. The first-order valence-electron chi connectivity index (χ1n) is 3.26. The van der Waals surface area contributed by atoms with Gasteiger partial charge < -0.3 is 9.53 Å². The molecule has 1 atom stereocenters. The highest BCUT2D eigenvalue weighted by molar-refractivity contribution is 5.88. The summed E-state index contributed by atoms with van der Waals surface area (Å²) in [4.78, 5) is 20.3. The number of ether oxygens (including phenoxy) is 1. The van der Waals surface area contributed by atoms with E-state index in [9.17, 15) is 14.0 Å². The fourth-order valence-electron chi connectivity index (χ4n) is 0.834. The minimum atomic E-state index is -0.930. The van der Waals surface area contributed by atoms with E-state index in [2.05, 4.69) is 4.74 Å². The molecule has 0 fully saturated rings. The van der Waals surface area contributed by atoms with Gasteiger partial charge in [-0.3, -0.25) is 0 Å². The van der Waals surface area contributed by atoms with Crippen molar-refractivity contribution in [1.29, 1.82) is 0 Å². The van der Waals surface area contributed by atoms with Crippen molar-refractivity contribution in [2.24, 2.45) is 0 Å². The van der Waals surface area contributed by atoms with E-state index in [1.54, 1.807) is 0 Å². The van der Waals surface area contributed by atoms with Crippen LogP contribution in [0.1, 0.15) is 12.8 Å². The first-order chi connectivity index (χ1) is 5.24. The highest BCUT2D eigenvalue weighted by Crippen LogP contribution is 2.17. The summed E-state index contributed by atoms with van der Waals surface area (Å²) in [6.07, 6.45) is 1.89. The topological polar surface area (TPSA) is 43.4 Å². The molecule has 1 unspecified atom stereocenters. The molecule has 4 heteroatoms. The van der Waals surface area contributed by atoms with E-state index in [1.165, 1.54) is 0 Å². The lowest BCUT2D eigenvalue weighted by molar-refractivity contribution is -0.141. The standard InChI is InChI=1S/C7H7FO3/c8-6-4-5(2-1-3-9)11-7(6)10/h3-5H,1-2H2. The molecule has 0 N–H and O–H groups in total. The Hall–Kier alpha value is -1.19. The molecule has 0 saturated carbocycles. The molecule has 0 aliphatic carbocycles. The summed E-state index contributed by atoms with van der Waals surface area (Å²) in [5.41, 5.74) is 0. The largest absolute Gasteiger partial charge is 0.453 e. The Morgan fingerprint density at radius 1 is 1.73 bits per heavy atom. The molecule has 1 rings (SSSR count). The zero-order valence-electron chi connectivity index (χ0n) is 5.75. The van der Waals surface area contributed by atoms with E-state index in [0.717, 1.165) is 6.08 Å². The average molecular weight is 158 g/mol. The maximum Gasteiger partial charge on any atom is 0.367 e. The molecule has 3 nitrogen and oxygen atoms in total. The molecule has 60 valence electrons. The predicted molar refractivity (Wildman–Crippen MR) is 34.4 cm³/mol. The number of cyclic esters (lactones) is 1. The third-order valence-corrected chi connectivity index (χ3v) is 1.35. The Labute approximate surface area is 62.8 Å². The smallest absolute Gasteiger partial charge is 0.367 e. The minimum Gasteiger partial charge on any atom is -0.453 e. The molecule has 0 spiro atoms. The molecule has 0 aromatic heterocycles. The number of carbonyl (C=O) groups excluding carboxylic acids is 2. The summed E-state index contributed by atoms with van der Waals surface area (Å²) in [7, 11) is 0. The van der Waals surface area contributed by atoms with Crippen LogP contribution >= 0.6 is 0 Å². The van der Waals surface area contributed by atoms with Gasteiger partial charge in [0.05, 0.1) is 0 Å². The van der Waals surface area contributed by atoms with Gasteiger partial charge in [0.1, 0.15) is 12.4 Å². The van der Waals surface area contributed by atoms with E-state index >= 15 is 0 Å². The second-order valence-corrected chi connectivity index (χ2v) is 2.20. The van der Waals surface area contributed by atoms with Gasteiger partial charge in [0.25, 0.3) is 0 Å². The number of carbonyl (C=O) groups is 2. The van der Waals surface area contributed by atoms with E-state index in [1.807, 2.05) is 0 Å². The molecular formula is C7H7FO3. The molecule has 1 heterocycles. The van der Waals surface area contributed by atoms with Crippen molar-refractivity contribution < 1.29 is 18.7 Å². The van der Waals surface area contributed by atoms with Gasteiger partial charge in [0, 0.05) is 6.42 Å². The van der Waals surface area contributed by atoms with Gasteiger partial charge >= 0.3 is 5.97 Å². The normalized spacial score (nSPS) is 22.8. The molecule has 0 aromatic rings. The Morgan fingerprint density at radius 3 is 2.91 bits per heavy atom. The second kappa shape index (κ2) is 3.27. The third kappa shape index (κ3) is 1.86. The lowest BCUT2D eigenvalue weighted by atomic mass is 10.2. The van der Waals surface area contributed by atoms with Crippen LogP contribution in [0.5, 0.6) is 0 Å². The van der Waals surface area contributed by atoms with Crippen molar-refractivity contribution in [2.45, 2.75) is 18.9 Å². The van der Waals surface area contributed by atoms with Gasteiger partial charge in [0.15, 0.2) is 0 Å². The lowest BCUT2D eigenvalue weighted by Crippen LogP contribution is -2.07. The SMILES string of the molecule is O=CCCC1C=C(F)C(=O)O1. The summed E-state index contributed by atoms with van der Waals surface area (Å²) < 4.78 is 16.8. The van der Waals surface area contributed by atoms with Crippen LogP contribution in [0.15, 0.2) is 11.9 Å². The summed E-state index contributed by atoms with van der Waals surface area (Å²) in [5.74, 6) is -1.79. The van der Waals surface area contributed by atoms with Gasteiger partial charge in [-0.25, -0.2) is 4.79 Å². The van der Waals surface area contributed by atoms with Crippen molar-refractivity contribution >= 4 is 12.3 Å². The number of aldehydes is 1. The van der Waals surface area contributed by atoms with Gasteiger partial charge in [-0.15, -0.1) is 0 Å². The van der Waals surface area contributed by atoms with E-state index in [0.29, 0.717) is 12.7 Å². The van der Waals surface area contributed by atoms with Crippen molar-refractivity contribution in [1.82, 2.24) is 0 Å². The van der Waals surface area contributed by atoms with Gasteiger partial charge in [-0.2, -0.15) is 4.39 Å². The Morgan fingerprint density at radius 2 is 2.45 bits per heavy atom. The molecule has 11 heavy (non-hydrogen) atoms. The maximum atomic E-state index is 12.3. The van der Waals surface area contributed by atoms with Crippen LogP contribution < -0.4 is 0 Å². The summed E-state index contributed by atoms with van der Waals surface area (Å²) >= 11 is 0. The zero-order valence-corrected chi connectivity index (χ0v) is 5.75. The molecule has 0 aromatic carbocycles. The quantitative estimate of drug-likeness (QED) is 0.449. The highest BCUT2D eigenvalue weighted by atomic mass is 19.1. The van der Waals surface area contributed by atoms with Crippen molar-refractivity contribution in [2.75, 3.05) is 0 Å². The van der Waals surface area contributed by atoms with Gasteiger partial charge in [-0.05, 0) is 12.5 Å². The van der Waals surface area contributed by atoms with Crippen LogP contribution in [0.25, 0.3) is 0 Å². The highest BCUT2D eigenvalue weighted by Gasteiger charge is 2.24. The van der Waals surface area contributed by atoms with Crippen molar-refractivity contribution in [3.63, 3.8) is 0 Å². The van der Waals surface area contributed by atoms with Crippen LogP contribution in [-0.4, -0.2) is 18.4 Å².